The third-order valence-corrected chi connectivity index (χ3v) is 8.54. The fourth-order valence-corrected chi connectivity index (χ4v) is 6.86. The fourth-order valence-electron chi connectivity index (χ4n) is 6.86. The Balaban J connectivity index is 2.21. The second-order valence-electron chi connectivity index (χ2n) is 11.2. The van der Waals surface area contributed by atoms with Gasteiger partial charge in [0.05, 0.1) is 45.9 Å². The van der Waals surface area contributed by atoms with Gasteiger partial charge in [0.15, 0.2) is 0 Å². The molecular formula is C34H22F6O8. The van der Waals surface area contributed by atoms with Crippen LogP contribution in [0.5, 0.6) is 0 Å². The topological polar surface area (TPSA) is 149 Å². The van der Waals surface area contributed by atoms with Crippen LogP contribution in [0, 0.1) is 0 Å². The van der Waals surface area contributed by atoms with Gasteiger partial charge < -0.3 is 20.4 Å². The highest BCUT2D eigenvalue weighted by molar-refractivity contribution is 6.04. The number of carboxylic acid groups (broad SMARTS) is 4. The molecule has 4 aromatic carbocycles. The van der Waals surface area contributed by atoms with E-state index in [0.717, 1.165) is 0 Å². The largest absolute Gasteiger partial charge is 0.478 e. The number of halogens is 6. The van der Waals surface area contributed by atoms with Crippen molar-refractivity contribution in [1.29, 1.82) is 0 Å². The normalized spacial score (nSPS) is 18.8. The summed E-state index contributed by atoms with van der Waals surface area (Å²) in [6, 6.07) is 15.1. The number of rotatable bonds is 8. The zero-order valence-electron chi connectivity index (χ0n) is 24.2. The lowest BCUT2D eigenvalue weighted by atomic mass is 9.51. The summed E-state index contributed by atoms with van der Waals surface area (Å²) in [6.07, 6.45) is -14.2. The van der Waals surface area contributed by atoms with Gasteiger partial charge in [0.25, 0.3) is 0 Å². The molecule has 0 spiro atoms. The van der Waals surface area contributed by atoms with Crippen LogP contribution in [-0.4, -0.2) is 56.7 Å². The van der Waals surface area contributed by atoms with Crippen LogP contribution in [0.1, 0.15) is 87.7 Å². The van der Waals surface area contributed by atoms with E-state index < -0.39 is 104 Å². The maximum atomic E-state index is 14.9. The molecule has 4 N–H and O–H groups in total. The van der Waals surface area contributed by atoms with Crippen LogP contribution in [0.2, 0.25) is 0 Å². The maximum absolute atomic E-state index is 14.9. The van der Waals surface area contributed by atoms with Crippen molar-refractivity contribution in [1.82, 2.24) is 0 Å². The Morgan fingerprint density at radius 2 is 0.688 bits per heavy atom. The standard InChI is InChI=1S/C34H22F6O8/c35-33(36,37)15-31(17-7-3-1-4-8-17)23-11-19(27(41)42)21(29(45)46)13-25(23)32(16-34(38,39)40,18-9-5-2-6-10-18)26-14-22(30(47)48)20(28(43)44)12-24(26)31/h1-14H,15-16H2,(H,41,42)(H,43,44)(H,45,46)(H,47,48). The summed E-state index contributed by atoms with van der Waals surface area (Å²) in [5.41, 5.74) is -12.9. The molecule has 0 atom stereocenters. The van der Waals surface area contributed by atoms with Gasteiger partial charge in [-0.1, -0.05) is 60.7 Å². The van der Waals surface area contributed by atoms with Crippen LogP contribution in [-0.2, 0) is 10.8 Å². The lowest BCUT2D eigenvalue weighted by Gasteiger charge is -2.51. The van der Waals surface area contributed by atoms with Crippen molar-refractivity contribution in [2.75, 3.05) is 0 Å². The van der Waals surface area contributed by atoms with E-state index in [1.807, 2.05) is 0 Å². The van der Waals surface area contributed by atoms with Crippen molar-refractivity contribution in [2.24, 2.45) is 0 Å². The predicted octanol–water partition coefficient (Wildman–Crippen LogP) is 7.37. The molecule has 0 aliphatic heterocycles. The molecule has 14 heteroatoms. The van der Waals surface area contributed by atoms with Crippen molar-refractivity contribution in [3.8, 4) is 0 Å². The van der Waals surface area contributed by atoms with Crippen molar-refractivity contribution in [3.05, 3.63) is 141 Å². The summed E-state index contributed by atoms with van der Waals surface area (Å²) in [5, 5.41) is 40.1. The minimum absolute atomic E-state index is 0.266. The first-order valence-electron chi connectivity index (χ1n) is 13.9. The first-order chi connectivity index (χ1) is 22.3. The molecule has 48 heavy (non-hydrogen) atoms. The average Bonchev–Trinajstić information content (AvgIpc) is 3.00. The third kappa shape index (κ3) is 5.52. The number of hydrogen-bond donors (Lipinski definition) is 4. The molecular weight excluding hydrogens is 650 g/mol. The second-order valence-corrected chi connectivity index (χ2v) is 11.2. The van der Waals surface area contributed by atoms with E-state index in [2.05, 4.69) is 0 Å². The second kappa shape index (κ2) is 11.5. The van der Waals surface area contributed by atoms with Gasteiger partial charge in [0.1, 0.15) is 0 Å². The van der Waals surface area contributed by atoms with Crippen molar-refractivity contribution in [2.45, 2.75) is 36.0 Å². The third-order valence-electron chi connectivity index (χ3n) is 8.54. The minimum Gasteiger partial charge on any atom is -0.478 e. The Morgan fingerprint density at radius 3 is 0.875 bits per heavy atom. The van der Waals surface area contributed by atoms with Crippen LogP contribution in [0.4, 0.5) is 26.3 Å². The molecule has 0 saturated carbocycles. The van der Waals surface area contributed by atoms with E-state index in [0.29, 0.717) is 24.3 Å². The van der Waals surface area contributed by atoms with Crippen LogP contribution in [0.15, 0.2) is 84.9 Å². The number of carboxylic acids is 4. The van der Waals surface area contributed by atoms with E-state index in [4.69, 9.17) is 0 Å². The number of carbonyl (C=O) groups is 4. The lowest BCUT2D eigenvalue weighted by molar-refractivity contribution is -0.146. The van der Waals surface area contributed by atoms with E-state index in [1.54, 1.807) is 0 Å². The van der Waals surface area contributed by atoms with Crippen LogP contribution in [0.3, 0.4) is 0 Å². The van der Waals surface area contributed by atoms with E-state index in [9.17, 15) is 65.9 Å². The van der Waals surface area contributed by atoms with Gasteiger partial charge >= 0.3 is 36.2 Å². The number of hydrogen-bond acceptors (Lipinski definition) is 4. The predicted molar refractivity (Wildman–Crippen MR) is 155 cm³/mol. The molecule has 0 amide bonds. The monoisotopic (exact) mass is 672 g/mol. The molecule has 1 aliphatic rings. The highest BCUT2D eigenvalue weighted by Gasteiger charge is 2.59. The lowest BCUT2D eigenvalue weighted by Crippen LogP contribution is -2.48. The van der Waals surface area contributed by atoms with Gasteiger partial charge in [-0.05, 0) is 57.6 Å². The molecule has 0 saturated heterocycles. The molecule has 0 unspecified atom stereocenters. The number of benzene rings is 4. The van der Waals surface area contributed by atoms with Gasteiger partial charge in [0, 0.05) is 0 Å². The highest BCUT2D eigenvalue weighted by Crippen LogP contribution is 2.61. The van der Waals surface area contributed by atoms with E-state index in [1.165, 1.54) is 60.7 Å². The minimum atomic E-state index is -5.18. The molecule has 0 fully saturated rings. The SMILES string of the molecule is O=C(O)c1cc2c(cc1C(=O)O)C(CC(F)(F)F)(c1ccccc1)c1cc(C(=O)O)c(C(=O)O)cc1C2(CC(F)(F)F)c1ccccc1. The summed E-state index contributed by atoms with van der Waals surface area (Å²) in [5.74, 6) is -7.65. The Morgan fingerprint density at radius 1 is 0.458 bits per heavy atom. The fraction of sp³-hybridized carbons (Fsp3) is 0.176. The van der Waals surface area contributed by atoms with Crippen LogP contribution < -0.4 is 0 Å². The molecule has 0 bridgehead atoms. The highest BCUT2D eigenvalue weighted by atomic mass is 19.4. The Labute approximate surface area is 266 Å². The Hall–Kier alpha value is -5.66. The van der Waals surface area contributed by atoms with Gasteiger partial charge in [-0.25, -0.2) is 19.2 Å². The van der Waals surface area contributed by atoms with Crippen LogP contribution >= 0.6 is 0 Å². The summed E-state index contributed by atoms with van der Waals surface area (Å²) >= 11 is 0. The molecule has 0 aromatic heterocycles. The molecule has 4 aromatic rings. The number of fused-ring (bicyclic) bond motifs is 2. The summed E-state index contributed by atoms with van der Waals surface area (Å²) in [4.78, 5) is 49.6. The van der Waals surface area contributed by atoms with Gasteiger partial charge in [-0.2, -0.15) is 26.3 Å². The first kappa shape index (κ1) is 33.7. The zero-order valence-corrected chi connectivity index (χ0v) is 24.2. The smallest absolute Gasteiger partial charge is 0.390 e. The van der Waals surface area contributed by atoms with E-state index >= 15 is 0 Å². The van der Waals surface area contributed by atoms with Crippen molar-refractivity contribution >= 4 is 23.9 Å². The molecule has 0 heterocycles. The molecule has 248 valence electrons. The summed E-state index contributed by atoms with van der Waals surface area (Å²) in [7, 11) is 0. The summed E-state index contributed by atoms with van der Waals surface area (Å²) < 4.78 is 89.3. The van der Waals surface area contributed by atoms with Crippen molar-refractivity contribution < 1.29 is 65.9 Å². The van der Waals surface area contributed by atoms with Gasteiger partial charge in [-0.3, -0.25) is 0 Å². The first-order valence-corrected chi connectivity index (χ1v) is 13.9. The van der Waals surface area contributed by atoms with Crippen LogP contribution in [0.25, 0.3) is 0 Å². The van der Waals surface area contributed by atoms with Gasteiger partial charge in [0.2, 0.25) is 0 Å². The summed E-state index contributed by atoms with van der Waals surface area (Å²) in [6.45, 7) is 0. The molecule has 0 radical (unpaired) electrons. The number of aromatic carboxylic acids is 4. The van der Waals surface area contributed by atoms with Gasteiger partial charge in [-0.15, -0.1) is 0 Å². The Kier molecular flexibility index (Phi) is 8.10. The maximum Gasteiger partial charge on any atom is 0.390 e. The number of alkyl halides is 6. The zero-order chi connectivity index (χ0) is 35.4. The molecule has 5 rings (SSSR count). The molecule has 8 nitrogen and oxygen atoms in total. The Bertz CT molecular complexity index is 1740. The van der Waals surface area contributed by atoms with Crippen molar-refractivity contribution in [3.63, 3.8) is 0 Å². The molecule has 1 aliphatic carbocycles. The average molecular weight is 673 g/mol. The quantitative estimate of drug-likeness (QED) is 0.142. The van der Waals surface area contributed by atoms with E-state index in [-0.39, 0.29) is 11.1 Å².